The van der Waals surface area contributed by atoms with Crippen LogP contribution >= 0.6 is 7.26 Å². The topological polar surface area (TPSA) is 165 Å². The number of rotatable bonds is 17. The summed E-state index contributed by atoms with van der Waals surface area (Å²) in [6.45, 7) is 12.5. The Kier molecular flexibility index (Phi) is 35.1. The molecule has 0 bridgehead atoms. The zero-order chi connectivity index (χ0) is 59.3. The molecule has 1 aliphatic rings. The number of ether oxygens (including phenoxy) is 6. The quantitative estimate of drug-likeness (QED) is 0.0312. The van der Waals surface area contributed by atoms with Gasteiger partial charge in [-0.3, -0.25) is 14.4 Å². The van der Waals surface area contributed by atoms with Crippen molar-refractivity contribution in [3.8, 4) is 11.8 Å². The minimum Gasteiger partial charge on any atom is -1.00 e. The van der Waals surface area contributed by atoms with Crippen molar-refractivity contribution >= 4 is 47.1 Å². The Balaban J connectivity index is 0.000000542. The van der Waals surface area contributed by atoms with E-state index in [9.17, 15) is 37.1 Å². The summed E-state index contributed by atoms with van der Waals surface area (Å²) in [6.07, 6.45) is 7.99. The first-order valence-electron chi connectivity index (χ1n) is 25.0. The summed E-state index contributed by atoms with van der Waals surface area (Å²) in [5, 5.41) is 22.3. The molecule has 0 atom stereocenters. The maximum absolute atomic E-state index is 13.8. The molecule has 2 aromatic heterocycles. The van der Waals surface area contributed by atoms with E-state index in [2.05, 4.69) is 113 Å². The molecule has 436 valence electrons. The van der Waals surface area contributed by atoms with Crippen molar-refractivity contribution < 1.29 is 129 Å². The van der Waals surface area contributed by atoms with Crippen LogP contribution in [0.3, 0.4) is 0 Å². The predicted octanol–water partition coefficient (Wildman–Crippen LogP) is 4.58. The summed E-state index contributed by atoms with van der Waals surface area (Å²) in [6, 6.07) is 38.4. The van der Waals surface area contributed by atoms with Gasteiger partial charge in [-0.25, -0.2) is 26.9 Å². The van der Waals surface area contributed by atoms with E-state index in [1.54, 1.807) is 35.0 Å². The summed E-state index contributed by atoms with van der Waals surface area (Å²) in [4.78, 5) is 34.3. The van der Waals surface area contributed by atoms with Crippen LogP contribution in [0.1, 0.15) is 95.5 Å². The second kappa shape index (κ2) is 38.8. The third kappa shape index (κ3) is 23.4. The number of carbonyl (C=O) groups excluding carboxylic acids is 3. The number of carbonyl (C=O) groups is 3. The van der Waals surface area contributed by atoms with Crippen LogP contribution < -0.4 is 94.3 Å². The summed E-state index contributed by atoms with van der Waals surface area (Å²) < 4.78 is 86.5. The van der Waals surface area contributed by atoms with E-state index < -0.39 is 41.9 Å². The van der Waals surface area contributed by atoms with Crippen molar-refractivity contribution in [2.75, 3.05) is 55.1 Å². The van der Waals surface area contributed by atoms with Gasteiger partial charge in [-0.05, 0) is 91.7 Å². The van der Waals surface area contributed by atoms with Gasteiger partial charge in [-0.1, -0.05) is 81.9 Å². The van der Waals surface area contributed by atoms with Gasteiger partial charge in [0.05, 0.1) is 59.6 Å². The first kappa shape index (κ1) is 74.2. The summed E-state index contributed by atoms with van der Waals surface area (Å²) in [7, 11) is 5.75. The van der Waals surface area contributed by atoms with Gasteiger partial charge in [0.2, 0.25) is 11.8 Å². The Morgan fingerprint density at radius 1 is 0.659 bits per heavy atom. The summed E-state index contributed by atoms with van der Waals surface area (Å²) >= 11 is 0. The minimum absolute atomic E-state index is 0. The Bertz CT molecular complexity index is 2940. The van der Waals surface area contributed by atoms with E-state index >= 15 is 0 Å². The molecule has 3 heterocycles. The maximum Gasteiger partial charge on any atom is 1.00 e. The van der Waals surface area contributed by atoms with Gasteiger partial charge in [0.1, 0.15) is 63.4 Å². The molecule has 0 spiro atoms. The first-order valence-corrected chi connectivity index (χ1v) is 27.0. The summed E-state index contributed by atoms with van der Waals surface area (Å²) in [5.74, 6) is -2.76. The second-order valence-corrected chi connectivity index (χ2v) is 21.6. The molecule has 14 nitrogen and oxygen atoms in total. The summed E-state index contributed by atoms with van der Waals surface area (Å²) in [5.41, 5.74) is -0.127. The van der Waals surface area contributed by atoms with Gasteiger partial charge in [0.25, 0.3) is 0 Å². The van der Waals surface area contributed by atoms with Crippen molar-refractivity contribution in [1.82, 2.24) is 19.6 Å². The van der Waals surface area contributed by atoms with Gasteiger partial charge in [-0.15, -0.1) is 5.60 Å². The fourth-order valence-corrected chi connectivity index (χ4v) is 11.3. The van der Waals surface area contributed by atoms with Crippen LogP contribution in [0, 0.1) is 23.3 Å². The van der Waals surface area contributed by atoms with E-state index in [0.717, 1.165) is 54.3 Å². The molecular formula is C61H71ClF4KN4O10P. The van der Waals surface area contributed by atoms with Gasteiger partial charge < -0.3 is 45.9 Å². The zero-order valence-electron chi connectivity index (χ0n) is 48.3. The molecule has 21 heteroatoms. The molecule has 0 amide bonds. The van der Waals surface area contributed by atoms with Gasteiger partial charge >= 0.3 is 51.4 Å². The number of nitrogens with zero attached hydrogens (tertiary/aromatic N) is 4. The monoisotopic (exact) mass is 1200 g/mol. The van der Waals surface area contributed by atoms with Gasteiger partial charge in [0.15, 0.2) is 24.2 Å². The van der Waals surface area contributed by atoms with E-state index in [-0.39, 0.29) is 123 Å². The Morgan fingerprint density at radius 2 is 1.02 bits per heavy atom. The minimum atomic E-state index is -1.78. The SMILES string of the molecule is C1CCOC1.C=COC.CC(C)(C)[O-].COC=Cc1c(C(C)=O)nn(Cc2cc(F)ccc2F)c1OC.COC[P+](c1ccccc1)(c1ccccc1)c1ccccc1.COc1c(C=O)c(C(C)=O)nn1Cc1cc(F)ccc1F.[Cl-].[K+]. The number of aromatic nitrogens is 4. The van der Waals surface area contributed by atoms with Gasteiger partial charge in [0, 0.05) is 45.3 Å². The number of Topliss-reactive ketones (excluding diaryl/α,β-unsaturated/α-hetero) is 2. The molecule has 1 saturated heterocycles. The number of hydrogen-bond donors (Lipinski definition) is 0. The largest absolute Gasteiger partial charge is 1.00 e. The van der Waals surface area contributed by atoms with Crippen LogP contribution in [0.15, 0.2) is 146 Å². The number of methoxy groups -OCH3 is 5. The Hall–Kier alpha value is -5.83. The smallest absolute Gasteiger partial charge is 1.00 e. The number of ketones is 2. The van der Waals surface area contributed by atoms with E-state index in [0.29, 0.717) is 18.2 Å². The fourth-order valence-electron chi connectivity index (χ4n) is 7.55. The van der Waals surface area contributed by atoms with Crippen LogP contribution in [0.2, 0.25) is 0 Å². The average Bonchev–Trinajstić information content (AvgIpc) is 4.26. The molecule has 1 aliphatic heterocycles. The Morgan fingerprint density at radius 3 is 1.32 bits per heavy atom. The van der Waals surface area contributed by atoms with Gasteiger partial charge in [-0.2, -0.15) is 10.2 Å². The van der Waals surface area contributed by atoms with Crippen molar-refractivity contribution in [3.63, 3.8) is 0 Å². The molecule has 82 heavy (non-hydrogen) atoms. The average molecular weight is 1200 g/mol. The molecule has 0 radical (unpaired) electrons. The number of benzene rings is 5. The van der Waals surface area contributed by atoms with Crippen molar-refractivity contribution in [2.45, 2.75) is 66.2 Å². The van der Waals surface area contributed by atoms with Crippen molar-refractivity contribution in [3.05, 3.63) is 203 Å². The number of hydrogen-bond acceptors (Lipinski definition) is 12. The standard InChI is InChI=1S/C20H20OP.C16H16F2N2O3.C14H12F2N2O3.C4H8O.C4H9O.C3H6O.ClH.K/c1-21-17-22(18-11-5-2-6-12-18,19-13-7-3-8-14-19)20-15-9-4-10-16-20;1-10(21)15-13(6-7-22-2)16(23-3)20(19-15)9-11-8-12(17)4-5-14(11)18;1-8(20)13-11(7-19)14(21-2)18(17-13)6-9-5-10(15)3-4-12(9)16;1-2-4-5-3-1;1-4(2,3)5;1-3-4-2;;/h2-16H,17H2,1H3;4-8H,9H2,1-3H3;3-5,7H,6H2,1-2H3;1-4H2;1-3H3;3H,1H2,2H3;1H;/q+1;;;;-1;;;+1/p-1. The normalized spacial score (nSPS) is 11.3. The molecular weight excluding hydrogens is 1130 g/mol. The molecule has 0 saturated carbocycles. The molecule has 0 aliphatic carbocycles. The molecule has 1 fully saturated rings. The van der Waals surface area contributed by atoms with Crippen molar-refractivity contribution in [2.24, 2.45) is 0 Å². The van der Waals surface area contributed by atoms with Crippen LogP contribution in [0.4, 0.5) is 17.6 Å². The third-order valence-electron chi connectivity index (χ3n) is 11.0. The van der Waals surface area contributed by atoms with E-state index in [1.165, 1.54) is 87.2 Å². The van der Waals surface area contributed by atoms with Crippen molar-refractivity contribution in [1.29, 1.82) is 0 Å². The van der Waals surface area contributed by atoms with Crippen LogP contribution in [-0.4, -0.2) is 98.1 Å². The van der Waals surface area contributed by atoms with E-state index in [1.807, 2.05) is 0 Å². The number of halogens is 5. The van der Waals surface area contributed by atoms with E-state index in [4.69, 9.17) is 23.7 Å². The predicted molar refractivity (Wildman–Crippen MR) is 304 cm³/mol. The van der Waals surface area contributed by atoms with Crippen LogP contribution in [0.5, 0.6) is 11.8 Å². The Labute approximate surface area is 528 Å². The number of aldehydes is 1. The van der Waals surface area contributed by atoms with Crippen LogP contribution in [-0.2, 0) is 32.0 Å². The zero-order valence-corrected chi connectivity index (χ0v) is 53.1. The molecule has 5 aromatic carbocycles. The third-order valence-corrected chi connectivity index (χ3v) is 15.2. The molecule has 0 N–H and O–H groups in total. The molecule has 8 rings (SSSR count). The maximum atomic E-state index is 13.8. The second-order valence-electron chi connectivity index (χ2n) is 18.2. The fraction of sp³-hybridized carbons (Fsp3) is 0.295. The first-order chi connectivity index (χ1) is 38.2. The molecule has 7 aromatic rings. The van der Waals surface area contributed by atoms with Crippen LogP contribution in [0.25, 0.3) is 6.08 Å². The molecule has 0 unspecified atom stereocenters.